The Hall–Kier alpha value is -2.93. The molecule has 1 fully saturated rings. The van der Waals surface area contributed by atoms with Crippen LogP contribution in [0.25, 0.3) is 0 Å². The Kier molecular flexibility index (Phi) is 7.98. The predicted octanol–water partition coefficient (Wildman–Crippen LogP) is 5.69. The first-order valence-electron chi connectivity index (χ1n) is 12.9. The maximum absolute atomic E-state index is 13.9. The van der Waals surface area contributed by atoms with Crippen LogP contribution in [-0.4, -0.2) is 26.4 Å². The zero-order chi connectivity index (χ0) is 25.9. The van der Waals surface area contributed by atoms with Gasteiger partial charge < -0.3 is 10.1 Å². The zero-order valence-electron chi connectivity index (χ0n) is 21.1. The molecule has 6 nitrogen and oxygen atoms in total. The Morgan fingerprint density at radius 3 is 2.28 bits per heavy atom. The van der Waals surface area contributed by atoms with Gasteiger partial charge in [-0.05, 0) is 49.9 Å². The van der Waals surface area contributed by atoms with Crippen LogP contribution in [0.15, 0.2) is 70.5 Å². The molecule has 1 amide bonds. The van der Waals surface area contributed by atoms with Gasteiger partial charge in [0.25, 0.3) is 0 Å². The number of carbonyl (C=O) groups is 2. The molecule has 2 aromatic carbocycles. The molecule has 2 aromatic rings. The number of allylic oxidation sites excluding steroid dienone is 1. The van der Waals surface area contributed by atoms with Gasteiger partial charge in [0.2, 0.25) is 15.7 Å². The summed E-state index contributed by atoms with van der Waals surface area (Å²) in [6.07, 6.45) is 4.80. The van der Waals surface area contributed by atoms with Crippen molar-refractivity contribution < 1.29 is 22.7 Å². The highest BCUT2D eigenvalue weighted by atomic mass is 32.2. The number of carbonyl (C=O) groups excluding carboxylic acids is 2. The molecule has 4 rings (SSSR count). The lowest BCUT2D eigenvalue weighted by molar-refractivity contribution is -0.148. The van der Waals surface area contributed by atoms with Crippen molar-refractivity contribution in [2.24, 2.45) is 23.7 Å². The molecule has 7 heteroatoms. The molecule has 1 aliphatic carbocycles. The highest BCUT2D eigenvalue weighted by Crippen LogP contribution is 2.51. The van der Waals surface area contributed by atoms with Gasteiger partial charge in [-0.1, -0.05) is 75.1 Å². The minimum Gasteiger partial charge on any atom is -0.461 e. The van der Waals surface area contributed by atoms with E-state index in [4.69, 9.17) is 4.74 Å². The Morgan fingerprint density at radius 2 is 1.64 bits per heavy atom. The number of ether oxygens (including phenoxy) is 1. The van der Waals surface area contributed by atoms with Crippen molar-refractivity contribution in [3.05, 3.63) is 71.1 Å². The fourth-order valence-corrected chi connectivity index (χ4v) is 7.35. The molecule has 1 heterocycles. The van der Waals surface area contributed by atoms with Gasteiger partial charge in [0.1, 0.15) is 6.10 Å². The topological polar surface area (TPSA) is 89.5 Å². The minimum absolute atomic E-state index is 0.203. The van der Waals surface area contributed by atoms with Crippen LogP contribution < -0.4 is 5.32 Å². The average molecular weight is 510 g/mol. The Bertz CT molecular complexity index is 1220. The number of esters is 1. The molecule has 1 N–H and O–H groups in total. The number of nitrogens with one attached hydrogen (secondary N) is 1. The number of benzene rings is 2. The number of hydrogen-bond acceptors (Lipinski definition) is 5. The predicted molar refractivity (Wildman–Crippen MR) is 140 cm³/mol. The monoisotopic (exact) mass is 509 g/mol. The van der Waals surface area contributed by atoms with Crippen LogP contribution in [0.1, 0.15) is 51.5 Å². The van der Waals surface area contributed by atoms with E-state index in [-0.39, 0.29) is 15.7 Å². The van der Waals surface area contributed by atoms with Crippen LogP contribution in [0.4, 0.5) is 5.69 Å². The van der Waals surface area contributed by atoms with E-state index in [1.165, 1.54) is 0 Å². The molecule has 0 bridgehead atoms. The minimum atomic E-state index is -3.88. The molecule has 0 unspecified atom stereocenters. The molecule has 0 saturated carbocycles. The van der Waals surface area contributed by atoms with E-state index in [0.29, 0.717) is 18.5 Å². The van der Waals surface area contributed by atoms with E-state index in [9.17, 15) is 18.0 Å². The largest absolute Gasteiger partial charge is 0.461 e. The lowest BCUT2D eigenvalue weighted by Crippen LogP contribution is -2.44. The second kappa shape index (κ2) is 11.0. The lowest BCUT2D eigenvalue weighted by atomic mass is 9.68. The first-order valence-corrected chi connectivity index (χ1v) is 14.4. The number of unbranched alkanes of at least 4 members (excludes halogenated alkanes) is 1. The lowest BCUT2D eigenvalue weighted by Gasteiger charge is -2.37. The fraction of sp³-hybridized carbons (Fsp3) is 0.448. The number of fused-ring (bicyclic) bond motifs is 1. The maximum atomic E-state index is 13.9. The molecule has 1 saturated heterocycles. The van der Waals surface area contributed by atoms with Crippen LogP contribution in [-0.2, 0) is 24.2 Å². The van der Waals surface area contributed by atoms with Crippen LogP contribution in [0, 0.1) is 30.6 Å². The molecular weight excluding hydrogens is 474 g/mol. The number of hydrogen-bond donors (Lipinski definition) is 1. The summed E-state index contributed by atoms with van der Waals surface area (Å²) in [5.74, 6) is -3.37. The van der Waals surface area contributed by atoms with E-state index in [0.717, 1.165) is 24.8 Å². The average Bonchev–Trinajstić information content (AvgIpc) is 3.19. The third-order valence-corrected chi connectivity index (χ3v) is 9.25. The van der Waals surface area contributed by atoms with Crippen molar-refractivity contribution in [2.45, 2.75) is 63.9 Å². The number of rotatable bonds is 9. The van der Waals surface area contributed by atoms with Gasteiger partial charge in [-0.15, -0.1) is 0 Å². The fourth-order valence-electron chi connectivity index (χ4n) is 5.57. The van der Waals surface area contributed by atoms with E-state index in [1.807, 2.05) is 39.0 Å². The normalized spacial score (nSPS) is 25.6. The molecule has 2 aliphatic rings. The summed E-state index contributed by atoms with van der Waals surface area (Å²) in [7, 11) is -3.88. The number of para-hydroxylation sites is 1. The maximum Gasteiger partial charge on any atom is 0.310 e. The molecule has 192 valence electrons. The van der Waals surface area contributed by atoms with Gasteiger partial charge in [0, 0.05) is 11.6 Å². The second-order valence-corrected chi connectivity index (χ2v) is 11.8. The van der Waals surface area contributed by atoms with E-state index in [2.05, 4.69) is 5.32 Å². The second-order valence-electron chi connectivity index (χ2n) is 9.89. The van der Waals surface area contributed by atoms with Gasteiger partial charge in [-0.2, -0.15) is 0 Å². The van der Waals surface area contributed by atoms with Gasteiger partial charge in [0.05, 0.1) is 21.6 Å². The standard InChI is InChI=1S/C29H35NO5S/c1-4-6-13-23-26-24(36(33,34)22-16-14-19(3)15-17-22)18-20(10-5-2)25(27(26)29(32)35-23)28(31)30-21-11-8-7-9-12-21/h7-9,11-12,14-18,20,23,25-27H,4-6,10,13H2,1-3H3,(H,30,31)/t20-,23-,25-,26+,27-/m0/s1. The van der Waals surface area contributed by atoms with Crippen LogP contribution in [0.2, 0.25) is 0 Å². The summed E-state index contributed by atoms with van der Waals surface area (Å²) in [5, 5.41) is 2.96. The highest BCUT2D eigenvalue weighted by Gasteiger charge is 2.58. The summed E-state index contributed by atoms with van der Waals surface area (Å²) in [6, 6.07) is 15.9. The molecule has 1 aliphatic heterocycles. The smallest absolute Gasteiger partial charge is 0.310 e. The summed E-state index contributed by atoms with van der Waals surface area (Å²) < 4.78 is 33.7. The third kappa shape index (κ3) is 5.12. The van der Waals surface area contributed by atoms with Crippen LogP contribution in [0.3, 0.4) is 0 Å². The number of aryl methyl sites for hydroxylation is 1. The zero-order valence-corrected chi connectivity index (χ0v) is 22.0. The summed E-state index contributed by atoms with van der Waals surface area (Å²) >= 11 is 0. The first-order chi connectivity index (χ1) is 17.3. The van der Waals surface area contributed by atoms with Crippen molar-refractivity contribution in [1.29, 1.82) is 0 Å². The van der Waals surface area contributed by atoms with Gasteiger partial charge in [0.15, 0.2) is 0 Å². The number of sulfone groups is 1. The van der Waals surface area contributed by atoms with Crippen molar-refractivity contribution in [3.8, 4) is 0 Å². The van der Waals surface area contributed by atoms with Crippen molar-refractivity contribution >= 4 is 27.4 Å². The first kappa shape index (κ1) is 26.1. The molecule has 5 atom stereocenters. The van der Waals surface area contributed by atoms with Crippen LogP contribution in [0.5, 0.6) is 0 Å². The Morgan fingerprint density at radius 1 is 0.944 bits per heavy atom. The van der Waals surface area contributed by atoms with Gasteiger partial charge in [-0.25, -0.2) is 8.42 Å². The molecular formula is C29H35NO5S. The number of amides is 1. The van der Waals surface area contributed by atoms with E-state index in [1.54, 1.807) is 42.5 Å². The SMILES string of the molecule is CCCC[C@@H]1OC(=O)[C@H]2[C@@H](C(=O)Nc3ccccc3)[C@@H](CCC)C=C(S(=O)(=O)c3ccc(C)cc3)[C@H]21. The quantitative estimate of drug-likeness (QED) is 0.439. The van der Waals surface area contributed by atoms with Crippen molar-refractivity contribution in [2.75, 3.05) is 5.32 Å². The Labute approximate surface area is 214 Å². The third-order valence-electron chi connectivity index (χ3n) is 7.33. The van der Waals surface area contributed by atoms with Gasteiger partial charge >= 0.3 is 5.97 Å². The summed E-state index contributed by atoms with van der Waals surface area (Å²) in [5.41, 5.74) is 1.61. The molecule has 0 spiro atoms. The van der Waals surface area contributed by atoms with Gasteiger partial charge in [-0.3, -0.25) is 9.59 Å². The Balaban J connectivity index is 1.81. The van der Waals surface area contributed by atoms with E-state index >= 15 is 0 Å². The molecule has 36 heavy (non-hydrogen) atoms. The molecule has 0 aromatic heterocycles. The van der Waals surface area contributed by atoms with E-state index < -0.39 is 45.6 Å². The van der Waals surface area contributed by atoms with Crippen molar-refractivity contribution in [1.82, 2.24) is 0 Å². The summed E-state index contributed by atoms with van der Waals surface area (Å²) in [6.45, 7) is 5.95. The highest BCUT2D eigenvalue weighted by molar-refractivity contribution is 7.95. The van der Waals surface area contributed by atoms with Crippen LogP contribution >= 0.6 is 0 Å². The number of cyclic esters (lactones) is 1. The molecule has 0 radical (unpaired) electrons. The number of anilines is 1. The van der Waals surface area contributed by atoms with Crippen molar-refractivity contribution in [3.63, 3.8) is 0 Å². The summed E-state index contributed by atoms with van der Waals surface area (Å²) in [4.78, 5) is 27.4.